The molecule has 1 amide bonds. The van der Waals surface area contributed by atoms with Crippen molar-refractivity contribution in [3.05, 3.63) is 161 Å². The lowest BCUT2D eigenvalue weighted by Crippen LogP contribution is -2.47. The van der Waals surface area contributed by atoms with Crippen molar-refractivity contribution in [1.29, 1.82) is 0 Å². The van der Waals surface area contributed by atoms with Crippen LogP contribution in [0.3, 0.4) is 0 Å². The summed E-state index contributed by atoms with van der Waals surface area (Å²) < 4.78 is 43.2. The highest BCUT2D eigenvalue weighted by molar-refractivity contribution is 7.89. The number of fused-ring (bicyclic) bond motifs is 2. The first-order chi connectivity index (χ1) is 29.2. The van der Waals surface area contributed by atoms with Crippen LogP contribution in [0, 0.1) is 17.8 Å². The molecule has 5 aromatic carbocycles. The van der Waals surface area contributed by atoms with E-state index in [4.69, 9.17) is 9.47 Å². The van der Waals surface area contributed by atoms with Crippen molar-refractivity contribution < 1.29 is 27.8 Å². The number of hydrogen-bond donors (Lipinski definition) is 3. The minimum absolute atomic E-state index is 0.00166. The molecule has 2 bridgehead atoms. The first-order valence-electron chi connectivity index (χ1n) is 21.6. The van der Waals surface area contributed by atoms with Gasteiger partial charge in [0.1, 0.15) is 6.04 Å². The van der Waals surface area contributed by atoms with Gasteiger partial charge in [-0.3, -0.25) is 9.69 Å². The largest absolute Gasteiger partial charge is 0.392 e. The van der Waals surface area contributed by atoms with Crippen LogP contribution in [0.25, 0.3) is 11.1 Å². The van der Waals surface area contributed by atoms with Gasteiger partial charge < -0.3 is 19.9 Å². The number of nitrogens with zero attached hydrogens (tertiary/aromatic N) is 1. The Morgan fingerprint density at radius 1 is 0.820 bits per heavy atom. The van der Waals surface area contributed by atoms with Crippen LogP contribution in [-0.4, -0.2) is 55.6 Å². The van der Waals surface area contributed by atoms with E-state index in [1.54, 1.807) is 24.3 Å². The molecule has 3 aliphatic rings. The third kappa shape index (κ3) is 10.3. The molecule has 5 aromatic rings. The number of aliphatic hydroxyl groups is 1. The van der Waals surface area contributed by atoms with Crippen LogP contribution in [0.5, 0.6) is 0 Å². The average Bonchev–Trinajstić information content (AvgIpc) is 3.49. The number of carbonyl (C=O) groups is 1. The smallest absolute Gasteiger partial charge is 0.241 e. The minimum atomic E-state index is -3.97. The predicted octanol–water partition coefficient (Wildman–Crippen LogP) is 8.81. The molecule has 1 saturated carbocycles. The zero-order valence-electron chi connectivity index (χ0n) is 35.7. The van der Waals surface area contributed by atoms with Crippen molar-refractivity contribution in [2.75, 3.05) is 13.1 Å². The van der Waals surface area contributed by atoms with Gasteiger partial charge in [-0.15, -0.1) is 0 Å². The maximum Gasteiger partial charge on any atom is 0.241 e. The van der Waals surface area contributed by atoms with E-state index in [9.17, 15) is 18.3 Å². The second kappa shape index (κ2) is 18.0. The second-order valence-corrected chi connectivity index (χ2v) is 20.4. The van der Waals surface area contributed by atoms with Gasteiger partial charge in [0.25, 0.3) is 0 Å². The van der Waals surface area contributed by atoms with Gasteiger partial charge in [0.2, 0.25) is 15.9 Å². The molecule has 2 heterocycles. The van der Waals surface area contributed by atoms with E-state index in [0.717, 1.165) is 64.0 Å². The molecule has 8 rings (SSSR count). The Bertz CT molecular complexity index is 2390. The lowest BCUT2D eigenvalue weighted by Gasteiger charge is -2.41. The van der Waals surface area contributed by atoms with Crippen molar-refractivity contribution in [2.45, 2.75) is 108 Å². The number of rotatable bonds is 14. The van der Waals surface area contributed by atoms with Crippen LogP contribution in [-0.2, 0) is 43.9 Å². The number of hydrogen-bond acceptors (Lipinski definition) is 7. The summed E-state index contributed by atoms with van der Waals surface area (Å²) in [5.41, 5.74) is 8.14. The molecule has 10 heteroatoms. The summed E-state index contributed by atoms with van der Waals surface area (Å²) in [5, 5.41) is 12.7. The number of benzene rings is 5. The van der Waals surface area contributed by atoms with Crippen LogP contribution < -0.4 is 10.0 Å². The van der Waals surface area contributed by atoms with Gasteiger partial charge in [-0.25, -0.2) is 8.42 Å². The van der Waals surface area contributed by atoms with Crippen LogP contribution in [0.2, 0.25) is 0 Å². The number of likely N-dealkylation sites (tertiary alicyclic amines) is 1. The molecule has 61 heavy (non-hydrogen) atoms. The summed E-state index contributed by atoms with van der Waals surface area (Å²) in [4.78, 5) is 16.7. The summed E-state index contributed by atoms with van der Waals surface area (Å²) in [6.07, 6.45) is 3.87. The number of aryl methyl sites for hydroxylation is 1. The van der Waals surface area contributed by atoms with Crippen molar-refractivity contribution in [3.8, 4) is 11.1 Å². The molecule has 6 atom stereocenters. The topological polar surface area (TPSA) is 117 Å². The summed E-state index contributed by atoms with van der Waals surface area (Å²) in [6.45, 7) is 11.3. The van der Waals surface area contributed by atoms with Crippen molar-refractivity contribution in [2.24, 2.45) is 10.8 Å². The Labute approximate surface area is 361 Å². The van der Waals surface area contributed by atoms with E-state index >= 15 is 0 Å². The summed E-state index contributed by atoms with van der Waals surface area (Å²) in [5.74, 6) is -0.415. The number of ether oxygens (including phenoxy) is 2. The minimum Gasteiger partial charge on any atom is -0.392 e. The van der Waals surface area contributed by atoms with E-state index in [2.05, 4.69) is 72.1 Å². The van der Waals surface area contributed by atoms with Crippen molar-refractivity contribution in [1.82, 2.24) is 14.9 Å². The zero-order chi connectivity index (χ0) is 42.8. The number of carbonyl (C=O) groups excluding carboxylic acids is 1. The molecule has 0 radical (unpaired) electrons. The van der Waals surface area contributed by atoms with E-state index in [1.807, 2.05) is 73.7 Å². The molecular formula is C51H59N3O6S. The molecule has 3 N–H and O–H groups in total. The monoisotopic (exact) mass is 841 g/mol. The number of amides is 1. The van der Waals surface area contributed by atoms with Gasteiger partial charge >= 0.3 is 0 Å². The highest BCUT2D eigenvalue weighted by Gasteiger charge is 2.50. The summed E-state index contributed by atoms with van der Waals surface area (Å²) in [6, 6.07) is 39.8. The van der Waals surface area contributed by atoms with Crippen LogP contribution in [0.4, 0.5) is 0 Å². The fourth-order valence-corrected chi connectivity index (χ4v) is 11.4. The molecule has 9 nitrogen and oxygen atoms in total. The Balaban J connectivity index is 0.985. The number of aliphatic hydroxyl groups excluding tert-OH is 1. The number of sulfonamides is 1. The van der Waals surface area contributed by atoms with E-state index in [1.165, 1.54) is 19.3 Å². The lowest BCUT2D eigenvalue weighted by atomic mass is 9.65. The fraction of sp³-hybridized carbons (Fsp3) is 0.392. The normalized spacial score (nSPS) is 24.3. The molecule has 2 unspecified atom stereocenters. The standard InChI is InChI=1S/C51H59N3O6S/c1-35-14-24-44(25-15-35)61(57,58)53-46(26-36-10-6-5-7-11-36)48(56)52-30-41-12-8-9-13-45(41)38-20-22-40(23-21-38)49-59-43(27-47(60-49)39-18-16-37(32-55)17-19-39)31-54-34-51(4)29-42(54)28-50(2,3)33-51/h5-25,42-43,46-47,49,53,55H,26-34H2,1-4H3,(H,52,56)/t42?,43-,46+,47+,49+,51?/m0/s1. The Morgan fingerprint density at radius 2 is 1.51 bits per heavy atom. The molecule has 0 aromatic heterocycles. The molecule has 320 valence electrons. The molecule has 0 spiro atoms. The quantitative estimate of drug-likeness (QED) is 0.102. The first-order valence-corrected chi connectivity index (χ1v) is 23.1. The van der Waals surface area contributed by atoms with E-state index in [0.29, 0.717) is 16.9 Å². The average molecular weight is 842 g/mol. The molecule has 2 saturated heterocycles. The Morgan fingerprint density at radius 3 is 2.23 bits per heavy atom. The third-order valence-electron chi connectivity index (χ3n) is 12.8. The van der Waals surface area contributed by atoms with Gasteiger partial charge in [0.05, 0.1) is 23.7 Å². The molecule has 2 aliphatic heterocycles. The van der Waals surface area contributed by atoms with Crippen LogP contribution in [0.1, 0.15) is 92.2 Å². The van der Waals surface area contributed by atoms with Crippen LogP contribution in [0.15, 0.2) is 132 Å². The lowest BCUT2D eigenvalue weighted by molar-refractivity contribution is -0.253. The zero-order valence-corrected chi connectivity index (χ0v) is 36.5. The highest BCUT2D eigenvalue weighted by Crippen LogP contribution is 2.53. The van der Waals surface area contributed by atoms with E-state index in [-0.39, 0.29) is 36.7 Å². The summed E-state index contributed by atoms with van der Waals surface area (Å²) in [7, 11) is -3.97. The third-order valence-corrected chi connectivity index (χ3v) is 14.3. The van der Waals surface area contributed by atoms with Gasteiger partial charge in [-0.05, 0) is 89.0 Å². The molecular weight excluding hydrogens is 783 g/mol. The fourth-order valence-electron chi connectivity index (χ4n) is 10.2. The molecule has 1 aliphatic carbocycles. The Kier molecular flexibility index (Phi) is 12.7. The van der Waals surface area contributed by atoms with Gasteiger partial charge in [-0.1, -0.05) is 142 Å². The van der Waals surface area contributed by atoms with Crippen LogP contribution >= 0.6 is 0 Å². The highest BCUT2D eigenvalue weighted by atomic mass is 32.2. The summed E-state index contributed by atoms with van der Waals surface area (Å²) >= 11 is 0. The SMILES string of the molecule is Cc1ccc(S(=O)(=O)N[C@H](Cc2ccccc2)C(=O)NCc2ccccc2-c2ccc([C@@H]3O[C@H](CN4CC5(C)CC4CC(C)(C)C5)C[C@H](c4ccc(CO)cc4)O3)cc2)cc1. The van der Waals surface area contributed by atoms with Crippen molar-refractivity contribution >= 4 is 15.9 Å². The van der Waals surface area contributed by atoms with Gasteiger partial charge in [0, 0.05) is 37.7 Å². The van der Waals surface area contributed by atoms with Gasteiger partial charge in [0.15, 0.2) is 6.29 Å². The second-order valence-electron chi connectivity index (χ2n) is 18.7. The van der Waals surface area contributed by atoms with Crippen molar-refractivity contribution in [3.63, 3.8) is 0 Å². The predicted molar refractivity (Wildman–Crippen MR) is 239 cm³/mol. The van der Waals surface area contributed by atoms with E-state index < -0.39 is 28.3 Å². The Hall–Kier alpha value is -4.68. The first kappa shape index (κ1) is 43.0. The molecule has 3 fully saturated rings. The maximum absolute atomic E-state index is 13.9. The number of nitrogens with one attached hydrogen (secondary N) is 2. The maximum atomic E-state index is 13.9. The van der Waals surface area contributed by atoms with Gasteiger partial charge in [-0.2, -0.15) is 4.72 Å².